The lowest BCUT2D eigenvalue weighted by molar-refractivity contribution is -0.142. The topological polar surface area (TPSA) is 88.5 Å². The number of carboxylic acid groups (broad SMARTS) is 1. The second kappa shape index (κ2) is 6.47. The van der Waals surface area contributed by atoms with Crippen LogP contribution in [0.1, 0.15) is 29.0 Å². The molecular formula is C14H18N2O4. The molecule has 20 heavy (non-hydrogen) atoms. The minimum absolute atomic E-state index is 0.199. The van der Waals surface area contributed by atoms with Crippen LogP contribution in [0.2, 0.25) is 0 Å². The highest BCUT2D eigenvalue weighted by molar-refractivity contribution is 5.95. The Balaban J connectivity index is 2.07. The van der Waals surface area contributed by atoms with Crippen LogP contribution in [0.25, 0.3) is 0 Å². The number of carbonyl (C=O) groups excluding carboxylic acids is 1. The van der Waals surface area contributed by atoms with Crippen molar-refractivity contribution in [1.82, 2.24) is 10.3 Å². The SMILES string of the molecule is Cc1cccc(C(=O)NC(C(=O)O)C2CCCOC2)n1. The van der Waals surface area contributed by atoms with E-state index in [-0.39, 0.29) is 11.6 Å². The van der Waals surface area contributed by atoms with E-state index in [1.54, 1.807) is 25.1 Å². The van der Waals surface area contributed by atoms with Gasteiger partial charge in [0.25, 0.3) is 5.91 Å². The predicted octanol–water partition coefficient (Wildman–Crippen LogP) is 1.000. The van der Waals surface area contributed by atoms with Gasteiger partial charge in [0.15, 0.2) is 0 Å². The molecule has 108 valence electrons. The molecule has 1 amide bonds. The normalized spacial score (nSPS) is 20.1. The molecule has 6 heteroatoms. The maximum absolute atomic E-state index is 12.1. The summed E-state index contributed by atoms with van der Waals surface area (Å²) in [6.45, 7) is 2.79. The Morgan fingerprint density at radius 2 is 2.30 bits per heavy atom. The van der Waals surface area contributed by atoms with Gasteiger partial charge in [-0.25, -0.2) is 9.78 Å². The van der Waals surface area contributed by atoms with Crippen molar-refractivity contribution in [3.8, 4) is 0 Å². The lowest BCUT2D eigenvalue weighted by Crippen LogP contribution is -2.48. The van der Waals surface area contributed by atoms with Gasteiger partial charge in [-0.1, -0.05) is 6.07 Å². The molecule has 1 fully saturated rings. The first-order valence-corrected chi connectivity index (χ1v) is 6.63. The summed E-state index contributed by atoms with van der Waals surface area (Å²) in [6.07, 6.45) is 1.55. The van der Waals surface area contributed by atoms with Crippen molar-refractivity contribution < 1.29 is 19.4 Å². The molecule has 2 heterocycles. The van der Waals surface area contributed by atoms with Gasteiger partial charge in [-0.2, -0.15) is 0 Å². The number of ether oxygens (including phenoxy) is 1. The summed E-state index contributed by atoms with van der Waals surface area (Å²) in [6, 6.07) is 4.13. The number of rotatable bonds is 4. The van der Waals surface area contributed by atoms with Gasteiger partial charge in [-0.3, -0.25) is 4.79 Å². The maximum atomic E-state index is 12.1. The molecule has 1 aromatic heterocycles. The standard InChI is InChI=1S/C14H18N2O4/c1-9-4-2-6-11(15-9)13(17)16-12(14(18)19)10-5-3-7-20-8-10/h2,4,6,10,12H,3,5,7-8H2,1H3,(H,16,17)(H,18,19). The molecule has 1 aliphatic rings. The zero-order valence-electron chi connectivity index (χ0n) is 11.3. The van der Waals surface area contributed by atoms with E-state index in [1.165, 1.54) is 0 Å². The quantitative estimate of drug-likeness (QED) is 0.857. The van der Waals surface area contributed by atoms with E-state index in [4.69, 9.17) is 4.74 Å². The smallest absolute Gasteiger partial charge is 0.326 e. The molecule has 0 saturated carbocycles. The number of aliphatic carboxylic acids is 1. The van der Waals surface area contributed by atoms with Crippen molar-refractivity contribution in [2.45, 2.75) is 25.8 Å². The van der Waals surface area contributed by atoms with Gasteiger partial charge in [-0.05, 0) is 31.9 Å². The van der Waals surface area contributed by atoms with E-state index in [0.29, 0.717) is 18.9 Å². The van der Waals surface area contributed by atoms with Crippen LogP contribution in [0.5, 0.6) is 0 Å². The first-order chi connectivity index (χ1) is 9.58. The number of pyridine rings is 1. The van der Waals surface area contributed by atoms with E-state index >= 15 is 0 Å². The highest BCUT2D eigenvalue weighted by Gasteiger charge is 2.31. The predicted molar refractivity (Wildman–Crippen MR) is 71.4 cm³/mol. The number of carbonyl (C=O) groups is 2. The van der Waals surface area contributed by atoms with E-state index in [0.717, 1.165) is 12.8 Å². The van der Waals surface area contributed by atoms with Gasteiger partial charge < -0.3 is 15.2 Å². The second-order valence-electron chi connectivity index (χ2n) is 4.93. The third kappa shape index (κ3) is 3.54. The number of aryl methyl sites for hydroxylation is 1. The fourth-order valence-corrected chi connectivity index (χ4v) is 2.29. The average Bonchev–Trinajstić information content (AvgIpc) is 2.45. The van der Waals surface area contributed by atoms with Crippen LogP contribution in [0.15, 0.2) is 18.2 Å². The zero-order chi connectivity index (χ0) is 14.5. The van der Waals surface area contributed by atoms with Gasteiger partial charge >= 0.3 is 5.97 Å². The second-order valence-corrected chi connectivity index (χ2v) is 4.93. The summed E-state index contributed by atoms with van der Waals surface area (Å²) in [5.74, 6) is -1.71. The molecule has 2 N–H and O–H groups in total. The number of hydrogen-bond donors (Lipinski definition) is 2. The van der Waals surface area contributed by atoms with Crippen molar-refractivity contribution in [3.05, 3.63) is 29.6 Å². The van der Waals surface area contributed by atoms with Crippen molar-refractivity contribution in [2.75, 3.05) is 13.2 Å². The summed E-state index contributed by atoms with van der Waals surface area (Å²) in [5, 5.41) is 11.8. The van der Waals surface area contributed by atoms with Gasteiger partial charge in [-0.15, -0.1) is 0 Å². The van der Waals surface area contributed by atoms with Crippen molar-refractivity contribution in [3.63, 3.8) is 0 Å². The van der Waals surface area contributed by atoms with Crippen molar-refractivity contribution >= 4 is 11.9 Å². The fourth-order valence-electron chi connectivity index (χ4n) is 2.29. The number of aromatic nitrogens is 1. The Morgan fingerprint density at radius 1 is 1.50 bits per heavy atom. The van der Waals surface area contributed by atoms with Gasteiger partial charge in [0.1, 0.15) is 11.7 Å². The molecule has 2 unspecified atom stereocenters. The number of nitrogens with zero attached hydrogens (tertiary/aromatic N) is 1. The van der Waals surface area contributed by atoms with E-state index < -0.39 is 17.9 Å². The van der Waals surface area contributed by atoms with Crippen LogP contribution < -0.4 is 5.32 Å². The molecule has 0 aliphatic carbocycles. The molecule has 1 aliphatic heterocycles. The van der Waals surface area contributed by atoms with Crippen LogP contribution in [0, 0.1) is 12.8 Å². The molecule has 1 aromatic rings. The third-order valence-electron chi connectivity index (χ3n) is 3.34. The van der Waals surface area contributed by atoms with Crippen molar-refractivity contribution in [2.24, 2.45) is 5.92 Å². The van der Waals surface area contributed by atoms with E-state index in [9.17, 15) is 14.7 Å². The lowest BCUT2D eigenvalue weighted by atomic mass is 9.93. The first-order valence-electron chi connectivity index (χ1n) is 6.63. The molecule has 6 nitrogen and oxygen atoms in total. The van der Waals surface area contributed by atoms with Gasteiger partial charge in [0, 0.05) is 18.2 Å². The Hall–Kier alpha value is -1.95. The lowest BCUT2D eigenvalue weighted by Gasteiger charge is -2.27. The van der Waals surface area contributed by atoms with Crippen LogP contribution in [-0.4, -0.2) is 41.2 Å². The average molecular weight is 278 g/mol. The van der Waals surface area contributed by atoms with Crippen LogP contribution in [0.3, 0.4) is 0 Å². The largest absolute Gasteiger partial charge is 0.480 e. The van der Waals surface area contributed by atoms with Gasteiger partial charge in [0.2, 0.25) is 0 Å². The molecular weight excluding hydrogens is 260 g/mol. The molecule has 2 rings (SSSR count). The Kier molecular flexibility index (Phi) is 4.68. The Labute approximate surface area is 117 Å². The summed E-state index contributed by atoms with van der Waals surface area (Å²) >= 11 is 0. The summed E-state index contributed by atoms with van der Waals surface area (Å²) in [5.41, 5.74) is 0.943. The molecule has 2 atom stereocenters. The summed E-state index contributed by atoms with van der Waals surface area (Å²) in [7, 11) is 0. The minimum Gasteiger partial charge on any atom is -0.480 e. The Morgan fingerprint density at radius 3 is 2.90 bits per heavy atom. The van der Waals surface area contributed by atoms with Gasteiger partial charge in [0.05, 0.1) is 6.61 Å². The summed E-state index contributed by atoms with van der Waals surface area (Å²) in [4.78, 5) is 27.5. The van der Waals surface area contributed by atoms with Crippen LogP contribution >= 0.6 is 0 Å². The Bertz CT molecular complexity index is 498. The maximum Gasteiger partial charge on any atom is 0.326 e. The summed E-state index contributed by atoms with van der Waals surface area (Å²) < 4.78 is 5.29. The van der Waals surface area contributed by atoms with E-state index in [2.05, 4.69) is 10.3 Å². The molecule has 0 bridgehead atoms. The molecule has 1 saturated heterocycles. The molecule has 0 radical (unpaired) electrons. The highest BCUT2D eigenvalue weighted by Crippen LogP contribution is 2.18. The molecule has 0 spiro atoms. The number of amides is 1. The van der Waals surface area contributed by atoms with Crippen molar-refractivity contribution in [1.29, 1.82) is 0 Å². The molecule has 0 aromatic carbocycles. The monoisotopic (exact) mass is 278 g/mol. The first kappa shape index (κ1) is 14.5. The number of carboxylic acids is 1. The van der Waals surface area contributed by atoms with E-state index in [1.807, 2.05) is 0 Å². The highest BCUT2D eigenvalue weighted by atomic mass is 16.5. The minimum atomic E-state index is -1.04. The van der Waals surface area contributed by atoms with Crippen LogP contribution in [0.4, 0.5) is 0 Å². The number of nitrogens with one attached hydrogen (secondary N) is 1. The number of hydrogen-bond acceptors (Lipinski definition) is 4. The zero-order valence-corrected chi connectivity index (χ0v) is 11.3. The fraction of sp³-hybridized carbons (Fsp3) is 0.500. The van der Waals surface area contributed by atoms with Crippen LogP contribution in [-0.2, 0) is 9.53 Å². The third-order valence-corrected chi connectivity index (χ3v) is 3.34.